The van der Waals surface area contributed by atoms with Crippen LogP contribution in [0.5, 0.6) is 0 Å². The Bertz CT molecular complexity index is 1130. The molecule has 1 saturated heterocycles. The van der Waals surface area contributed by atoms with E-state index in [2.05, 4.69) is 11.1 Å². The van der Waals surface area contributed by atoms with Crippen molar-refractivity contribution in [1.29, 1.82) is 5.26 Å². The van der Waals surface area contributed by atoms with Gasteiger partial charge in [-0.25, -0.2) is 13.8 Å². The number of hydrogen-bond donors (Lipinski definition) is 1. The Morgan fingerprint density at radius 2 is 1.74 bits per heavy atom. The number of nitrogens with two attached hydrogens (primary N) is 1. The second kappa shape index (κ2) is 11.3. The van der Waals surface area contributed by atoms with Gasteiger partial charge in [0.2, 0.25) is 0 Å². The number of aromatic nitrogens is 2. The molecule has 0 bridgehead atoms. The second-order valence-corrected chi connectivity index (χ2v) is 8.70. The van der Waals surface area contributed by atoms with Crippen molar-refractivity contribution in [3.05, 3.63) is 59.4 Å². The summed E-state index contributed by atoms with van der Waals surface area (Å²) in [6.45, 7) is 8.91. The lowest BCUT2D eigenvalue weighted by Crippen LogP contribution is -2.36. The van der Waals surface area contributed by atoms with Crippen LogP contribution < -0.4 is 5.73 Å². The highest BCUT2D eigenvalue weighted by Crippen LogP contribution is 2.29. The normalized spacial score (nSPS) is 15.4. The van der Waals surface area contributed by atoms with Crippen LogP contribution in [0.2, 0.25) is 0 Å². The Kier molecular flexibility index (Phi) is 9.02. The zero-order valence-corrected chi connectivity index (χ0v) is 20.5. The highest BCUT2D eigenvalue weighted by atomic mass is 19.3. The molecule has 6 nitrogen and oxygen atoms in total. The number of fused-ring (bicyclic) bond motifs is 1. The van der Waals surface area contributed by atoms with Gasteiger partial charge in [0.15, 0.2) is 6.29 Å². The van der Waals surface area contributed by atoms with Gasteiger partial charge in [0.1, 0.15) is 5.65 Å². The third-order valence-corrected chi connectivity index (χ3v) is 5.43. The SMILES string of the molecule is CC.CC(C)(N)c1cc2cc(C=O)cnc2n1-c1ccc(C#N)cc1.CN1CCC(F)(F)CC1. The number of hydrogen-bond acceptors (Lipinski definition) is 5. The van der Waals surface area contributed by atoms with E-state index >= 15 is 0 Å². The summed E-state index contributed by atoms with van der Waals surface area (Å²) in [5, 5.41) is 9.80. The molecule has 3 heterocycles. The van der Waals surface area contributed by atoms with E-state index in [-0.39, 0.29) is 12.8 Å². The van der Waals surface area contributed by atoms with Crippen LogP contribution in [0.1, 0.15) is 62.2 Å². The molecule has 0 radical (unpaired) electrons. The standard InChI is InChI=1S/C18H16N4O.C6H11F2N.C2H6/c1-18(2,20)16-8-14-7-13(11-23)10-21-17(14)22(16)15-5-3-12(9-19)4-6-15;1-9-4-2-6(7,8)3-5-9;1-2/h3-8,10-11H,20H2,1-2H3;2-5H2,1H3;1-2H3. The molecular weight excluding hydrogens is 436 g/mol. The van der Waals surface area contributed by atoms with Crippen LogP contribution in [0.25, 0.3) is 16.7 Å². The van der Waals surface area contributed by atoms with Gasteiger partial charge in [0.25, 0.3) is 5.92 Å². The fourth-order valence-electron chi connectivity index (χ4n) is 3.54. The van der Waals surface area contributed by atoms with E-state index in [9.17, 15) is 13.6 Å². The molecule has 0 aliphatic carbocycles. The molecule has 0 saturated carbocycles. The zero-order chi connectivity index (χ0) is 25.5. The number of aldehydes is 1. The van der Waals surface area contributed by atoms with E-state index in [0.29, 0.717) is 24.2 Å². The second-order valence-electron chi connectivity index (χ2n) is 8.70. The monoisotopic (exact) mass is 469 g/mol. The molecular formula is C26H33F2N5O. The minimum Gasteiger partial charge on any atom is -0.321 e. The molecule has 182 valence electrons. The summed E-state index contributed by atoms with van der Waals surface area (Å²) in [5.41, 5.74) is 9.33. The van der Waals surface area contributed by atoms with Crippen molar-refractivity contribution in [3.8, 4) is 11.8 Å². The first-order valence-electron chi connectivity index (χ1n) is 11.4. The Balaban J connectivity index is 0.000000311. The minimum absolute atomic E-state index is 0.0312. The average Bonchev–Trinajstić information content (AvgIpc) is 3.22. The van der Waals surface area contributed by atoms with Crippen molar-refractivity contribution in [3.63, 3.8) is 0 Å². The van der Waals surface area contributed by atoms with Gasteiger partial charge in [-0.3, -0.25) is 9.36 Å². The van der Waals surface area contributed by atoms with Crippen LogP contribution in [0, 0.1) is 11.3 Å². The molecule has 0 atom stereocenters. The maximum Gasteiger partial charge on any atom is 0.250 e. The number of nitrogens with zero attached hydrogens (tertiary/aromatic N) is 4. The van der Waals surface area contributed by atoms with Crippen molar-refractivity contribution in [2.75, 3.05) is 20.1 Å². The molecule has 1 fully saturated rings. The zero-order valence-electron chi connectivity index (χ0n) is 20.5. The number of rotatable bonds is 3. The van der Waals surface area contributed by atoms with E-state index in [1.54, 1.807) is 24.4 Å². The van der Waals surface area contributed by atoms with Crippen LogP contribution in [-0.4, -0.2) is 46.8 Å². The van der Waals surface area contributed by atoms with Gasteiger partial charge in [-0.1, -0.05) is 13.8 Å². The Morgan fingerprint density at radius 3 is 2.21 bits per heavy atom. The molecule has 0 spiro atoms. The lowest BCUT2D eigenvalue weighted by Gasteiger charge is -2.28. The number of halogens is 2. The first kappa shape index (κ1) is 27.1. The van der Waals surface area contributed by atoms with Crippen LogP contribution in [0.15, 0.2) is 42.6 Å². The first-order valence-corrected chi connectivity index (χ1v) is 11.4. The van der Waals surface area contributed by atoms with Crippen molar-refractivity contribution in [2.24, 2.45) is 5.73 Å². The van der Waals surface area contributed by atoms with E-state index in [4.69, 9.17) is 11.0 Å². The summed E-state index contributed by atoms with van der Waals surface area (Å²) in [7, 11) is 1.87. The molecule has 1 aliphatic heterocycles. The molecule has 34 heavy (non-hydrogen) atoms. The van der Waals surface area contributed by atoms with E-state index in [1.807, 2.05) is 62.4 Å². The summed E-state index contributed by atoms with van der Waals surface area (Å²) in [6.07, 6.45) is 2.38. The van der Waals surface area contributed by atoms with E-state index in [0.717, 1.165) is 28.7 Å². The lowest BCUT2D eigenvalue weighted by atomic mass is 10.0. The molecule has 4 rings (SSSR count). The third-order valence-electron chi connectivity index (χ3n) is 5.43. The van der Waals surface area contributed by atoms with Crippen LogP contribution in [0.4, 0.5) is 8.78 Å². The van der Waals surface area contributed by atoms with Gasteiger partial charge in [0, 0.05) is 54.5 Å². The number of benzene rings is 1. The van der Waals surface area contributed by atoms with E-state index < -0.39 is 11.5 Å². The van der Waals surface area contributed by atoms with Crippen molar-refractivity contribution in [2.45, 2.75) is 52.0 Å². The first-order chi connectivity index (χ1) is 16.0. The van der Waals surface area contributed by atoms with Gasteiger partial charge in [-0.05, 0) is 57.3 Å². The summed E-state index contributed by atoms with van der Waals surface area (Å²) < 4.78 is 26.7. The molecule has 3 aromatic rings. The predicted octanol–water partition coefficient (Wildman–Crippen LogP) is 5.28. The van der Waals surface area contributed by atoms with Gasteiger partial charge in [-0.2, -0.15) is 5.26 Å². The summed E-state index contributed by atoms with van der Waals surface area (Å²) in [6, 6.07) is 13.1. The Hall–Kier alpha value is -3.15. The number of likely N-dealkylation sites (tertiary alicyclic amines) is 1. The average molecular weight is 470 g/mol. The topological polar surface area (TPSA) is 87.9 Å². The van der Waals surface area contributed by atoms with Crippen molar-refractivity contribution >= 4 is 17.3 Å². The number of nitriles is 1. The fourth-order valence-corrected chi connectivity index (χ4v) is 3.54. The fraction of sp³-hybridized carbons (Fsp3) is 0.423. The van der Waals surface area contributed by atoms with Crippen molar-refractivity contribution in [1.82, 2.24) is 14.5 Å². The summed E-state index contributed by atoms with van der Waals surface area (Å²) in [5.74, 6) is -2.38. The van der Waals surface area contributed by atoms with Gasteiger partial charge in [0.05, 0.1) is 17.2 Å². The molecule has 1 aliphatic rings. The van der Waals surface area contributed by atoms with Gasteiger partial charge >= 0.3 is 0 Å². The minimum atomic E-state index is -2.38. The molecule has 2 N–H and O–H groups in total. The molecule has 1 aromatic carbocycles. The lowest BCUT2D eigenvalue weighted by molar-refractivity contribution is -0.0504. The number of carbonyl (C=O) groups is 1. The molecule has 8 heteroatoms. The number of carbonyl (C=O) groups excluding carboxylic acids is 1. The van der Waals surface area contributed by atoms with Crippen molar-refractivity contribution < 1.29 is 13.6 Å². The van der Waals surface area contributed by atoms with Gasteiger partial charge in [-0.15, -0.1) is 0 Å². The predicted molar refractivity (Wildman–Crippen MR) is 131 cm³/mol. The van der Waals surface area contributed by atoms with Crippen LogP contribution >= 0.6 is 0 Å². The Labute approximate surface area is 200 Å². The maximum absolute atomic E-state index is 12.4. The number of alkyl halides is 2. The van der Waals surface area contributed by atoms with E-state index in [1.165, 1.54) is 0 Å². The summed E-state index contributed by atoms with van der Waals surface area (Å²) in [4.78, 5) is 17.3. The van der Waals surface area contributed by atoms with Crippen LogP contribution in [-0.2, 0) is 5.54 Å². The molecule has 0 unspecified atom stereocenters. The Morgan fingerprint density at radius 1 is 1.15 bits per heavy atom. The molecule has 0 amide bonds. The number of piperidine rings is 1. The van der Waals surface area contributed by atoms with Crippen LogP contribution in [0.3, 0.4) is 0 Å². The quantitative estimate of drug-likeness (QED) is 0.528. The van der Waals surface area contributed by atoms with Gasteiger partial charge < -0.3 is 10.6 Å². The summed E-state index contributed by atoms with van der Waals surface area (Å²) >= 11 is 0. The highest BCUT2D eigenvalue weighted by molar-refractivity contribution is 5.86. The highest BCUT2D eigenvalue weighted by Gasteiger charge is 2.32. The smallest absolute Gasteiger partial charge is 0.250 e. The maximum atomic E-state index is 12.4. The molecule has 2 aromatic heterocycles. The largest absolute Gasteiger partial charge is 0.321 e. The third kappa shape index (κ3) is 6.69. The number of pyridine rings is 1.